The minimum absolute atomic E-state index is 0.161. The van der Waals surface area contributed by atoms with Crippen molar-refractivity contribution in [3.8, 4) is 5.75 Å². The first-order valence-corrected chi connectivity index (χ1v) is 7.76. The van der Waals surface area contributed by atoms with Crippen LogP contribution in [0.2, 0.25) is 0 Å². The van der Waals surface area contributed by atoms with E-state index in [2.05, 4.69) is 15.3 Å². The van der Waals surface area contributed by atoms with Crippen LogP contribution in [0, 0.1) is 16.4 Å². The van der Waals surface area contributed by atoms with Crippen LogP contribution in [0.15, 0.2) is 47.6 Å². The molecule has 0 aliphatic carbocycles. The van der Waals surface area contributed by atoms with E-state index < -0.39 is 5.82 Å². The van der Waals surface area contributed by atoms with E-state index in [1.807, 2.05) is 0 Å². The Kier molecular flexibility index (Phi) is 4.99. The number of nitrogens with zero attached hydrogens (tertiary/aromatic N) is 3. The highest BCUT2D eigenvalue weighted by atomic mass is 32.1. The normalized spacial score (nSPS) is 11.2. The number of hydrogen-bond donors (Lipinski definition) is 1. The molecule has 8 heteroatoms. The zero-order valence-electron chi connectivity index (χ0n) is 13.2. The first-order chi connectivity index (χ1) is 12.1. The number of H-pyrrole nitrogens is 1. The van der Waals surface area contributed by atoms with Gasteiger partial charge in [0, 0.05) is 6.42 Å². The lowest BCUT2D eigenvalue weighted by Crippen LogP contribution is -2.01. The van der Waals surface area contributed by atoms with Gasteiger partial charge in [0.25, 0.3) is 0 Å². The topological polar surface area (TPSA) is 55.2 Å². The second-order valence-electron chi connectivity index (χ2n) is 5.20. The molecule has 1 N–H and O–H groups in total. The maximum Gasteiger partial charge on any atom is 0.216 e. The third-order valence-corrected chi connectivity index (χ3v) is 3.76. The molecular weight excluding hydrogens is 346 g/mol. The van der Waals surface area contributed by atoms with Crippen molar-refractivity contribution in [2.24, 2.45) is 5.10 Å². The fraction of sp³-hybridized carbons (Fsp3) is 0.118. The van der Waals surface area contributed by atoms with E-state index in [1.54, 1.807) is 18.2 Å². The summed E-state index contributed by atoms with van der Waals surface area (Å²) in [6.45, 7) is 0. The highest BCUT2D eigenvalue weighted by molar-refractivity contribution is 7.71. The summed E-state index contributed by atoms with van der Waals surface area (Å²) < 4.78 is 33.4. The molecule has 128 valence electrons. The number of methoxy groups -OCH3 is 1. The fourth-order valence-electron chi connectivity index (χ4n) is 2.23. The number of benzene rings is 2. The van der Waals surface area contributed by atoms with Gasteiger partial charge in [0.2, 0.25) is 4.77 Å². The number of hydrogen-bond acceptors (Lipinski definition) is 4. The lowest BCUT2D eigenvalue weighted by molar-refractivity contribution is 0.386. The van der Waals surface area contributed by atoms with Crippen molar-refractivity contribution in [1.29, 1.82) is 0 Å². The van der Waals surface area contributed by atoms with Gasteiger partial charge in [0.1, 0.15) is 5.82 Å². The van der Waals surface area contributed by atoms with E-state index >= 15 is 0 Å². The van der Waals surface area contributed by atoms with Gasteiger partial charge in [-0.2, -0.15) is 14.9 Å². The second-order valence-corrected chi connectivity index (χ2v) is 5.59. The second kappa shape index (κ2) is 7.35. The summed E-state index contributed by atoms with van der Waals surface area (Å²) in [4.78, 5) is 0. The molecule has 0 spiro atoms. The molecule has 0 fully saturated rings. The van der Waals surface area contributed by atoms with Crippen molar-refractivity contribution in [3.05, 3.63) is 75.8 Å². The lowest BCUT2D eigenvalue weighted by atomic mass is 10.1. The quantitative estimate of drug-likeness (QED) is 0.558. The average Bonchev–Trinajstić information content (AvgIpc) is 2.95. The van der Waals surface area contributed by atoms with Gasteiger partial charge in [-0.1, -0.05) is 12.1 Å². The van der Waals surface area contributed by atoms with Gasteiger partial charge in [-0.3, -0.25) is 5.10 Å². The number of rotatable bonds is 5. The van der Waals surface area contributed by atoms with Crippen molar-refractivity contribution in [1.82, 2.24) is 14.9 Å². The van der Waals surface area contributed by atoms with Crippen LogP contribution in [0.4, 0.5) is 8.78 Å². The summed E-state index contributed by atoms with van der Waals surface area (Å²) >= 11 is 5.17. The van der Waals surface area contributed by atoms with Crippen molar-refractivity contribution in [2.75, 3.05) is 7.11 Å². The Morgan fingerprint density at radius 1 is 1.24 bits per heavy atom. The van der Waals surface area contributed by atoms with Crippen molar-refractivity contribution >= 4 is 18.4 Å². The maximum absolute atomic E-state index is 13.7. The molecule has 1 heterocycles. The first-order valence-electron chi connectivity index (χ1n) is 7.35. The van der Waals surface area contributed by atoms with Gasteiger partial charge in [-0.15, -0.1) is 0 Å². The molecular formula is C17H14F2N4OS. The molecule has 0 bridgehead atoms. The van der Waals surface area contributed by atoms with Crippen LogP contribution in [-0.4, -0.2) is 28.2 Å². The van der Waals surface area contributed by atoms with E-state index in [9.17, 15) is 8.78 Å². The Bertz CT molecular complexity index is 964. The summed E-state index contributed by atoms with van der Waals surface area (Å²) in [6, 6.07) is 10.6. The number of nitrogens with one attached hydrogen (secondary N) is 1. The van der Waals surface area contributed by atoms with Crippen LogP contribution in [0.25, 0.3) is 0 Å². The van der Waals surface area contributed by atoms with Crippen LogP contribution in [0.1, 0.15) is 17.0 Å². The fourth-order valence-corrected chi connectivity index (χ4v) is 2.43. The molecule has 0 atom stereocenters. The summed E-state index contributed by atoms with van der Waals surface area (Å²) in [6.07, 6.45) is 1.89. The standard InChI is InChI=1S/C17H14F2N4OS/c1-24-15-7-4-12(8-14(15)19)10-20-23-16(21-22-17(23)25)9-11-2-5-13(18)6-3-11/h2-8,10H,9H2,1H3,(H,22,25)/b20-10-. The molecule has 0 amide bonds. The Morgan fingerprint density at radius 3 is 2.68 bits per heavy atom. The molecule has 25 heavy (non-hydrogen) atoms. The summed E-state index contributed by atoms with van der Waals surface area (Å²) in [5.41, 5.74) is 1.41. The van der Waals surface area contributed by atoms with E-state index in [1.165, 1.54) is 42.3 Å². The maximum atomic E-state index is 13.7. The smallest absolute Gasteiger partial charge is 0.216 e. The summed E-state index contributed by atoms with van der Waals surface area (Å²) in [5, 5.41) is 11.1. The highest BCUT2D eigenvalue weighted by Crippen LogP contribution is 2.17. The molecule has 0 saturated heterocycles. The Balaban J connectivity index is 1.85. The molecule has 0 saturated carbocycles. The van der Waals surface area contributed by atoms with E-state index in [0.29, 0.717) is 22.6 Å². The van der Waals surface area contributed by atoms with Gasteiger partial charge in [0.05, 0.1) is 13.3 Å². The van der Waals surface area contributed by atoms with E-state index in [0.717, 1.165) is 5.56 Å². The van der Waals surface area contributed by atoms with E-state index in [4.69, 9.17) is 17.0 Å². The average molecular weight is 360 g/mol. The Hall–Kier alpha value is -2.87. The minimum atomic E-state index is -0.478. The monoisotopic (exact) mass is 360 g/mol. The van der Waals surface area contributed by atoms with Crippen LogP contribution in [-0.2, 0) is 6.42 Å². The molecule has 3 rings (SSSR count). The molecule has 5 nitrogen and oxygen atoms in total. The molecule has 0 unspecified atom stereocenters. The molecule has 1 aromatic heterocycles. The number of aromatic nitrogens is 3. The summed E-state index contributed by atoms with van der Waals surface area (Å²) in [5.74, 6) is -0.0631. The SMILES string of the molecule is COc1ccc(/C=N\n2c(Cc3ccc(F)cc3)n[nH]c2=S)cc1F. The van der Waals surface area contributed by atoms with Crippen molar-refractivity contribution < 1.29 is 13.5 Å². The lowest BCUT2D eigenvalue weighted by Gasteiger charge is -2.03. The molecule has 3 aromatic rings. The largest absolute Gasteiger partial charge is 0.494 e. The van der Waals surface area contributed by atoms with Crippen LogP contribution in [0.5, 0.6) is 5.75 Å². The zero-order chi connectivity index (χ0) is 17.8. The number of ether oxygens (including phenoxy) is 1. The molecule has 0 aliphatic heterocycles. The van der Waals surface area contributed by atoms with Crippen LogP contribution in [0.3, 0.4) is 0 Å². The highest BCUT2D eigenvalue weighted by Gasteiger charge is 2.07. The Morgan fingerprint density at radius 2 is 2.00 bits per heavy atom. The number of halogens is 2. The predicted octanol–water partition coefficient (Wildman–Crippen LogP) is 3.70. The first kappa shape index (κ1) is 17.0. The third-order valence-electron chi connectivity index (χ3n) is 3.49. The summed E-state index contributed by atoms with van der Waals surface area (Å²) in [7, 11) is 1.40. The van der Waals surface area contributed by atoms with Gasteiger partial charge in [0.15, 0.2) is 17.4 Å². The van der Waals surface area contributed by atoms with Crippen molar-refractivity contribution in [3.63, 3.8) is 0 Å². The van der Waals surface area contributed by atoms with E-state index in [-0.39, 0.29) is 11.6 Å². The molecule has 2 aromatic carbocycles. The van der Waals surface area contributed by atoms with Crippen LogP contribution >= 0.6 is 12.2 Å². The van der Waals surface area contributed by atoms with Gasteiger partial charge < -0.3 is 4.74 Å². The molecule has 0 radical (unpaired) electrons. The molecule has 0 aliphatic rings. The predicted molar refractivity (Wildman–Crippen MR) is 92.6 cm³/mol. The number of aromatic amines is 1. The third kappa shape index (κ3) is 3.97. The van der Waals surface area contributed by atoms with Gasteiger partial charge in [-0.05, 0) is 53.7 Å². The Labute approximate surface area is 147 Å². The van der Waals surface area contributed by atoms with Crippen molar-refractivity contribution in [2.45, 2.75) is 6.42 Å². The van der Waals surface area contributed by atoms with Gasteiger partial charge >= 0.3 is 0 Å². The van der Waals surface area contributed by atoms with Crippen LogP contribution < -0.4 is 4.74 Å². The minimum Gasteiger partial charge on any atom is -0.494 e. The zero-order valence-corrected chi connectivity index (χ0v) is 14.1. The van der Waals surface area contributed by atoms with Gasteiger partial charge in [-0.25, -0.2) is 8.78 Å².